The quantitative estimate of drug-likeness (QED) is 0.790. The van der Waals surface area contributed by atoms with Crippen molar-refractivity contribution in [3.63, 3.8) is 0 Å². The van der Waals surface area contributed by atoms with Gasteiger partial charge in [0.05, 0.1) is 12.2 Å². The van der Waals surface area contributed by atoms with E-state index in [1.54, 1.807) is 31.4 Å². The van der Waals surface area contributed by atoms with Crippen molar-refractivity contribution in [2.24, 2.45) is 0 Å². The highest BCUT2D eigenvalue weighted by molar-refractivity contribution is 6.09. The summed E-state index contributed by atoms with van der Waals surface area (Å²) >= 11 is 0. The van der Waals surface area contributed by atoms with Gasteiger partial charge in [0.1, 0.15) is 11.6 Å². The molecule has 0 heterocycles. The van der Waals surface area contributed by atoms with Crippen molar-refractivity contribution >= 4 is 5.78 Å². The Morgan fingerprint density at radius 2 is 1.95 bits per heavy atom. The van der Waals surface area contributed by atoms with E-state index in [0.717, 1.165) is 23.8 Å². The summed E-state index contributed by atoms with van der Waals surface area (Å²) in [5.74, 6) is -1.92. The van der Waals surface area contributed by atoms with Crippen LogP contribution in [0.25, 0.3) is 0 Å². The number of halogens is 2. The second kappa shape index (κ2) is 5.71. The lowest BCUT2D eigenvalue weighted by molar-refractivity contribution is 0.103. The molecule has 0 aliphatic carbocycles. The van der Waals surface area contributed by atoms with E-state index in [1.165, 1.54) is 0 Å². The molecule has 2 rings (SSSR count). The molecule has 0 saturated carbocycles. The number of hydrogen-bond donors (Lipinski definition) is 0. The molecule has 0 fully saturated rings. The van der Waals surface area contributed by atoms with Crippen LogP contribution < -0.4 is 0 Å². The average molecular weight is 262 g/mol. The number of methoxy groups -OCH3 is 1. The molecule has 0 amide bonds. The molecule has 0 aromatic heterocycles. The summed E-state index contributed by atoms with van der Waals surface area (Å²) < 4.78 is 31.6. The molecule has 0 N–H and O–H groups in total. The Balaban J connectivity index is 2.38. The Hall–Kier alpha value is -2.07. The highest BCUT2D eigenvalue weighted by atomic mass is 19.1. The summed E-state index contributed by atoms with van der Waals surface area (Å²) in [6.07, 6.45) is 0. The number of rotatable bonds is 4. The Labute approximate surface area is 109 Å². The lowest BCUT2D eigenvalue weighted by Gasteiger charge is -2.05. The zero-order valence-corrected chi connectivity index (χ0v) is 10.3. The molecule has 98 valence electrons. The first kappa shape index (κ1) is 13.4. The van der Waals surface area contributed by atoms with Crippen molar-refractivity contribution in [1.29, 1.82) is 0 Å². The third-order valence-electron chi connectivity index (χ3n) is 2.67. The van der Waals surface area contributed by atoms with E-state index in [1.807, 2.05) is 0 Å². The fourth-order valence-electron chi connectivity index (χ4n) is 1.80. The molecule has 2 aromatic rings. The van der Waals surface area contributed by atoms with Gasteiger partial charge < -0.3 is 4.74 Å². The van der Waals surface area contributed by atoms with Crippen molar-refractivity contribution in [1.82, 2.24) is 0 Å². The van der Waals surface area contributed by atoms with Gasteiger partial charge in [-0.15, -0.1) is 0 Å². The van der Waals surface area contributed by atoms with Gasteiger partial charge in [-0.1, -0.05) is 18.2 Å². The monoisotopic (exact) mass is 262 g/mol. The molecule has 0 unspecified atom stereocenters. The van der Waals surface area contributed by atoms with E-state index in [0.29, 0.717) is 12.2 Å². The molecule has 2 aromatic carbocycles. The Morgan fingerprint density at radius 1 is 1.16 bits per heavy atom. The average Bonchev–Trinajstić information content (AvgIpc) is 2.41. The number of ether oxygens (including phenoxy) is 1. The summed E-state index contributed by atoms with van der Waals surface area (Å²) in [5.41, 5.74) is 0.832. The van der Waals surface area contributed by atoms with Crippen LogP contribution in [0.15, 0.2) is 42.5 Å². The molecular formula is C15H12F2O2. The van der Waals surface area contributed by atoms with E-state index in [9.17, 15) is 13.6 Å². The van der Waals surface area contributed by atoms with Crippen LogP contribution in [0.2, 0.25) is 0 Å². The van der Waals surface area contributed by atoms with E-state index in [2.05, 4.69) is 0 Å². The summed E-state index contributed by atoms with van der Waals surface area (Å²) in [6, 6.07) is 9.47. The smallest absolute Gasteiger partial charge is 0.196 e. The van der Waals surface area contributed by atoms with Gasteiger partial charge in [0.2, 0.25) is 0 Å². The van der Waals surface area contributed by atoms with Crippen molar-refractivity contribution in [2.75, 3.05) is 7.11 Å². The van der Waals surface area contributed by atoms with Crippen molar-refractivity contribution in [2.45, 2.75) is 6.61 Å². The fraction of sp³-hybridized carbons (Fsp3) is 0.133. The molecule has 2 nitrogen and oxygen atoms in total. The largest absolute Gasteiger partial charge is 0.380 e. The zero-order valence-electron chi connectivity index (χ0n) is 10.3. The standard InChI is InChI=1S/C15H12F2O2/c1-19-9-10-3-2-4-11(7-10)15(18)13-8-12(16)5-6-14(13)17/h2-8H,9H2,1H3. The second-order valence-electron chi connectivity index (χ2n) is 4.09. The number of ketones is 1. The minimum Gasteiger partial charge on any atom is -0.380 e. The topological polar surface area (TPSA) is 26.3 Å². The van der Waals surface area contributed by atoms with Crippen LogP contribution in [0.1, 0.15) is 21.5 Å². The van der Waals surface area contributed by atoms with Crippen LogP contribution in [0.4, 0.5) is 8.78 Å². The van der Waals surface area contributed by atoms with Crippen LogP contribution >= 0.6 is 0 Å². The van der Waals surface area contributed by atoms with E-state index in [-0.39, 0.29) is 5.56 Å². The Bertz CT molecular complexity index is 609. The molecule has 19 heavy (non-hydrogen) atoms. The van der Waals surface area contributed by atoms with Crippen molar-refractivity contribution < 1.29 is 18.3 Å². The van der Waals surface area contributed by atoms with Gasteiger partial charge in [0, 0.05) is 12.7 Å². The summed E-state index contributed by atoms with van der Waals surface area (Å²) in [7, 11) is 1.54. The normalized spacial score (nSPS) is 10.5. The second-order valence-corrected chi connectivity index (χ2v) is 4.09. The first-order valence-corrected chi connectivity index (χ1v) is 5.69. The number of benzene rings is 2. The summed E-state index contributed by atoms with van der Waals surface area (Å²) in [4.78, 5) is 12.1. The molecular weight excluding hydrogens is 250 g/mol. The first-order chi connectivity index (χ1) is 9.11. The maximum absolute atomic E-state index is 13.5. The van der Waals surface area contributed by atoms with Gasteiger partial charge in [-0.25, -0.2) is 8.78 Å². The van der Waals surface area contributed by atoms with E-state index in [4.69, 9.17) is 4.74 Å². The summed E-state index contributed by atoms with van der Waals surface area (Å²) in [6.45, 7) is 0.354. The fourth-order valence-corrected chi connectivity index (χ4v) is 1.80. The molecule has 0 radical (unpaired) electrons. The zero-order chi connectivity index (χ0) is 13.8. The molecule has 0 aliphatic heterocycles. The Morgan fingerprint density at radius 3 is 2.68 bits per heavy atom. The van der Waals surface area contributed by atoms with Gasteiger partial charge >= 0.3 is 0 Å². The molecule has 4 heteroatoms. The van der Waals surface area contributed by atoms with Gasteiger partial charge in [-0.2, -0.15) is 0 Å². The minimum absolute atomic E-state index is 0.269. The molecule has 0 aliphatic rings. The maximum atomic E-state index is 13.5. The highest BCUT2D eigenvalue weighted by Gasteiger charge is 2.15. The van der Waals surface area contributed by atoms with Crippen LogP contribution in [0, 0.1) is 11.6 Å². The molecule has 0 spiro atoms. The summed E-state index contributed by atoms with van der Waals surface area (Å²) in [5, 5.41) is 0. The predicted molar refractivity (Wildman–Crippen MR) is 66.9 cm³/mol. The third-order valence-corrected chi connectivity index (χ3v) is 2.67. The van der Waals surface area contributed by atoms with Gasteiger partial charge in [-0.3, -0.25) is 4.79 Å². The number of carbonyl (C=O) groups excluding carboxylic acids is 1. The number of hydrogen-bond acceptors (Lipinski definition) is 2. The number of carbonyl (C=O) groups is 1. The van der Waals surface area contributed by atoms with E-state index < -0.39 is 17.4 Å². The molecule has 0 bridgehead atoms. The lowest BCUT2D eigenvalue weighted by atomic mass is 10.0. The lowest BCUT2D eigenvalue weighted by Crippen LogP contribution is -2.05. The van der Waals surface area contributed by atoms with E-state index >= 15 is 0 Å². The van der Waals surface area contributed by atoms with Gasteiger partial charge in [0.15, 0.2) is 5.78 Å². The van der Waals surface area contributed by atoms with Crippen LogP contribution in [-0.2, 0) is 11.3 Å². The van der Waals surface area contributed by atoms with Crippen LogP contribution in [-0.4, -0.2) is 12.9 Å². The van der Waals surface area contributed by atoms with Crippen LogP contribution in [0.3, 0.4) is 0 Å². The Kier molecular flexibility index (Phi) is 4.02. The maximum Gasteiger partial charge on any atom is 0.196 e. The van der Waals surface area contributed by atoms with Gasteiger partial charge in [0.25, 0.3) is 0 Å². The van der Waals surface area contributed by atoms with Crippen molar-refractivity contribution in [3.8, 4) is 0 Å². The first-order valence-electron chi connectivity index (χ1n) is 5.69. The third kappa shape index (κ3) is 3.03. The van der Waals surface area contributed by atoms with Gasteiger partial charge in [-0.05, 0) is 29.8 Å². The molecule has 0 saturated heterocycles. The minimum atomic E-state index is -0.733. The van der Waals surface area contributed by atoms with Crippen LogP contribution in [0.5, 0.6) is 0 Å². The predicted octanol–water partition coefficient (Wildman–Crippen LogP) is 3.34. The van der Waals surface area contributed by atoms with Crippen molar-refractivity contribution in [3.05, 3.63) is 70.8 Å². The highest BCUT2D eigenvalue weighted by Crippen LogP contribution is 2.16. The SMILES string of the molecule is COCc1cccc(C(=O)c2cc(F)ccc2F)c1. The molecule has 0 atom stereocenters.